The summed E-state index contributed by atoms with van der Waals surface area (Å²) in [6, 6.07) is 14.2. The fraction of sp³-hybridized carbons (Fsp3) is 0.154. The maximum Gasteiger partial charge on any atom is 0.242 e. The van der Waals surface area contributed by atoms with Crippen molar-refractivity contribution in [3.05, 3.63) is 47.2 Å². The normalized spacial score (nSPS) is 9.89. The second kappa shape index (κ2) is 5.55. The molecule has 5 heteroatoms. The fourth-order valence-electron chi connectivity index (χ4n) is 1.76. The molecule has 4 nitrogen and oxygen atoms in total. The Labute approximate surface area is 110 Å². The third-order valence-electron chi connectivity index (χ3n) is 2.48. The van der Waals surface area contributed by atoms with Crippen LogP contribution in [0.4, 0.5) is 0 Å². The molecule has 1 aromatic heterocycles. The highest BCUT2D eigenvalue weighted by atomic mass is 32.1. The molecule has 1 N–H and O–H groups in total. The minimum atomic E-state index is 0.427. The number of aromatic amines is 1. The van der Waals surface area contributed by atoms with Gasteiger partial charge in [-0.05, 0) is 23.7 Å². The lowest BCUT2D eigenvalue weighted by molar-refractivity contribution is 0.790. The Morgan fingerprint density at radius 2 is 1.78 bits per heavy atom. The minimum absolute atomic E-state index is 0.427. The first-order chi connectivity index (χ1) is 8.86. The Bertz CT molecular complexity index is 694. The molecule has 0 amide bonds. The van der Waals surface area contributed by atoms with Crippen molar-refractivity contribution in [2.24, 2.45) is 0 Å². The summed E-state index contributed by atoms with van der Waals surface area (Å²) in [6.45, 7) is 4.00. The van der Waals surface area contributed by atoms with Gasteiger partial charge in [-0.2, -0.15) is 5.21 Å². The maximum absolute atomic E-state index is 5.09. The molecule has 0 unspecified atom stereocenters. The van der Waals surface area contributed by atoms with Crippen molar-refractivity contribution in [1.82, 2.24) is 20.2 Å². The lowest BCUT2D eigenvalue weighted by Crippen LogP contribution is -1.97. The van der Waals surface area contributed by atoms with Gasteiger partial charge in [0, 0.05) is 5.39 Å². The molecule has 3 rings (SSSR count). The maximum atomic E-state index is 5.09. The van der Waals surface area contributed by atoms with E-state index in [1.165, 1.54) is 0 Å². The second-order valence-electron chi connectivity index (χ2n) is 3.42. The van der Waals surface area contributed by atoms with Gasteiger partial charge < -0.3 is 0 Å². The summed E-state index contributed by atoms with van der Waals surface area (Å²) < 4.78 is 2.12. The molecule has 0 aliphatic rings. The van der Waals surface area contributed by atoms with Gasteiger partial charge in [0.15, 0.2) is 0 Å². The molecule has 0 saturated heterocycles. The van der Waals surface area contributed by atoms with Gasteiger partial charge in [0.2, 0.25) is 4.77 Å². The summed E-state index contributed by atoms with van der Waals surface area (Å²) in [6.07, 6.45) is 0. The van der Waals surface area contributed by atoms with Crippen LogP contribution >= 0.6 is 12.2 Å². The molecule has 0 aliphatic heterocycles. The van der Waals surface area contributed by atoms with Crippen molar-refractivity contribution in [1.29, 1.82) is 0 Å². The molecule has 92 valence electrons. The predicted octanol–water partition coefficient (Wildman–Crippen LogP) is 3.50. The van der Waals surface area contributed by atoms with E-state index in [9.17, 15) is 0 Å². The summed E-state index contributed by atoms with van der Waals surface area (Å²) in [7, 11) is 0. The van der Waals surface area contributed by atoms with Crippen LogP contribution in [0.3, 0.4) is 0 Å². The van der Waals surface area contributed by atoms with Crippen molar-refractivity contribution in [2.75, 3.05) is 0 Å². The highest BCUT2D eigenvalue weighted by Crippen LogP contribution is 2.20. The van der Waals surface area contributed by atoms with E-state index in [-0.39, 0.29) is 0 Å². The topological polar surface area (TPSA) is 46.5 Å². The van der Waals surface area contributed by atoms with Gasteiger partial charge in [-0.3, -0.25) is 0 Å². The van der Waals surface area contributed by atoms with Gasteiger partial charge in [0.1, 0.15) is 0 Å². The molecular formula is C13H14N4S. The van der Waals surface area contributed by atoms with Gasteiger partial charge in [-0.25, -0.2) is 4.68 Å². The van der Waals surface area contributed by atoms with Crippen LogP contribution in [-0.4, -0.2) is 20.2 Å². The summed E-state index contributed by atoms with van der Waals surface area (Å²) in [5, 5.41) is 12.5. The summed E-state index contributed by atoms with van der Waals surface area (Å²) >= 11 is 5.09. The van der Waals surface area contributed by atoms with Crippen molar-refractivity contribution >= 4 is 23.0 Å². The molecule has 0 saturated carbocycles. The monoisotopic (exact) mass is 258 g/mol. The standard InChI is InChI=1S/C11H8N4S.C2H6/c16-11-12-13-14-15(11)10-7-3-5-8-4-1-2-6-9(8)10;1-2/h1-7H,(H,12,14,16);1-2H3. The second-order valence-corrected chi connectivity index (χ2v) is 3.78. The van der Waals surface area contributed by atoms with Gasteiger partial charge in [-0.15, -0.1) is 0 Å². The molecular weight excluding hydrogens is 244 g/mol. The zero-order chi connectivity index (χ0) is 13.0. The van der Waals surface area contributed by atoms with Crippen molar-refractivity contribution in [3.8, 4) is 5.69 Å². The van der Waals surface area contributed by atoms with E-state index in [0.29, 0.717) is 4.77 Å². The Kier molecular flexibility index (Phi) is 3.84. The van der Waals surface area contributed by atoms with E-state index in [0.717, 1.165) is 16.5 Å². The van der Waals surface area contributed by atoms with E-state index >= 15 is 0 Å². The summed E-state index contributed by atoms with van der Waals surface area (Å²) in [5.41, 5.74) is 0.966. The number of hydrogen-bond donors (Lipinski definition) is 1. The minimum Gasteiger partial charge on any atom is -0.209 e. The van der Waals surface area contributed by atoms with E-state index < -0.39 is 0 Å². The van der Waals surface area contributed by atoms with Crippen LogP contribution in [0.2, 0.25) is 0 Å². The Balaban J connectivity index is 0.000000574. The first-order valence-corrected chi connectivity index (χ1v) is 6.25. The van der Waals surface area contributed by atoms with Crippen molar-refractivity contribution in [3.63, 3.8) is 0 Å². The zero-order valence-electron chi connectivity index (χ0n) is 10.3. The van der Waals surface area contributed by atoms with Crippen LogP contribution in [0.1, 0.15) is 13.8 Å². The number of nitrogens with zero attached hydrogens (tertiary/aromatic N) is 3. The number of aromatic nitrogens is 4. The lowest BCUT2D eigenvalue weighted by Gasteiger charge is -2.05. The molecule has 0 atom stereocenters. The van der Waals surface area contributed by atoms with Gasteiger partial charge >= 0.3 is 0 Å². The Morgan fingerprint density at radius 1 is 1.06 bits per heavy atom. The molecule has 3 aromatic rings. The highest BCUT2D eigenvalue weighted by Gasteiger charge is 2.03. The van der Waals surface area contributed by atoms with Gasteiger partial charge in [0.05, 0.1) is 5.69 Å². The number of benzene rings is 2. The quantitative estimate of drug-likeness (QED) is 0.679. The molecule has 0 aliphatic carbocycles. The van der Waals surface area contributed by atoms with E-state index in [2.05, 4.69) is 27.7 Å². The molecule has 2 aromatic carbocycles. The van der Waals surface area contributed by atoms with Crippen LogP contribution in [-0.2, 0) is 0 Å². The molecule has 0 bridgehead atoms. The van der Waals surface area contributed by atoms with Crippen LogP contribution in [0, 0.1) is 4.77 Å². The molecule has 0 radical (unpaired) electrons. The Hall–Kier alpha value is -2.01. The SMILES string of the molecule is CC.S=c1nn[nH]n1-c1cccc2ccccc12. The fourth-order valence-corrected chi connectivity index (χ4v) is 1.94. The molecule has 1 heterocycles. The smallest absolute Gasteiger partial charge is 0.209 e. The number of H-pyrrole nitrogens is 1. The van der Waals surface area contributed by atoms with E-state index in [4.69, 9.17) is 12.2 Å². The van der Waals surface area contributed by atoms with Gasteiger partial charge in [-0.1, -0.05) is 60.6 Å². The lowest BCUT2D eigenvalue weighted by atomic mass is 10.1. The van der Waals surface area contributed by atoms with Crippen molar-refractivity contribution in [2.45, 2.75) is 13.8 Å². The number of rotatable bonds is 1. The van der Waals surface area contributed by atoms with E-state index in [1.807, 2.05) is 44.2 Å². The number of hydrogen-bond acceptors (Lipinski definition) is 3. The van der Waals surface area contributed by atoms with Gasteiger partial charge in [0.25, 0.3) is 0 Å². The largest absolute Gasteiger partial charge is 0.242 e. The zero-order valence-corrected chi connectivity index (χ0v) is 11.1. The van der Waals surface area contributed by atoms with Crippen LogP contribution < -0.4 is 0 Å². The molecule has 0 fully saturated rings. The average molecular weight is 258 g/mol. The predicted molar refractivity (Wildman–Crippen MR) is 75.4 cm³/mol. The molecule has 18 heavy (non-hydrogen) atoms. The molecule has 0 spiro atoms. The third kappa shape index (κ3) is 2.17. The number of tetrazole rings is 1. The van der Waals surface area contributed by atoms with Crippen molar-refractivity contribution < 1.29 is 0 Å². The van der Waals surface area contributed by atoms with Crippen LogP contribution in [0.15, 0.2) is 42.5 Å². The first kappa shape index (κ1) is 12.4. The Morgan fingerprint density at radius 3 is 2.50 bits per heavy atom. The van der Waals surface area contributed by atoms with E-state index in [1.54, 1.807) is 4.68 Å². The number of nitrogens with one attached hydrogen (secondary N) is 1. The third-order valence-corrected chi connectivity index (χ3v) is 2.74. The number of fused-ring (bicyclic) bond motifs is 1. The van der Waals surface area contributed by atoms with Crippen LogP contribution in [0.25, 0.3) is 16.5 Å². The highest BCUT2D eigenvalue weighted by molar-refractivity contribution is 7.71. The first-order valence-electron chi connectivity index (χ1n) is 5.84. The summed E-state index contributed by atoms with van der Waals surface area (Å²) in [5.74, 6) is 0. The summed E-state index contributed by atoms with van der Waals surface area (Å²) in [4.78, 5) is 0. The average Bonchev–Trinajstić information content (AvgIpc) is 2.86. The van der Waals surface area contributed by atoms with Crippen LogP contribution in [0.5, 0.6) is 0 Å².